The summed E-state index contributed by atoms with van der Waals surface area (Å²) in [5.41, 5.74) is 12.4. The first-order valence-electron chi connectivity index (χ1n) is 19.4. The predicted octanol–water partition coefficient (Wildman–Crippen LogP) is 12.3. The van der Waals surface area contributed by atoms with E-state index in [1.54, 1.807) is 0 Å². The fraction of sp³-hybridized carbons (Fsp3) is 0. The molecule has 266 valence electrons. The van der Waals surface area contributed by atoms with E-state index in [4.69, 9.17) is 13.9 Å². The molecule has 0 unspecified atom stereocenters. The molecule has 0 saturated heterocycles. The van der Waals surface area contributed by atoms with Gasteiger partial charge in [0, 0.05) is 39.1 Å². The third-order valence-corrected chi connectivity index (χ3v) is 11.6. The van der Waals surface area contributed by atoms with E-state index in [1.807, 2.05) is 0 Å². The largest absolute Gasteiger partial charge is 0.458 e. The number of nitrogens with zero attached hydrogens (tertiary/aromatic N) is 1. The summed E-state index contributed by atoms with van der Waals surface area (Å²) in [4.78, 5) is 2.31. The lowest BCUT2D eigenvalue weighted by atomic mass is 9.34. The van der Waals surface area contributed by atoms with Gasteiger partial charge in [0.25, 0.3) is 6.71 Å². The van der Waals surface area contributed by atoms with E-state index >= 15 is 0 Å². The van der Waals surface area contributed by atoms with E-state index in [0.29, 0.717) is 11.3 Å². The Bertz CT molecular complexity index is 3090. The number of para-hydroxylation sites is 2. The number of rotatable bonds is 5. The molecule has 12 rings (SSSR count). The van der Waals surface area contributed by atoms with Gasteiger partial charge in [-0.05, 0) is 81.0 Å². The lowest BCUT2D eigenvalue weighted by molar-refractivity contribution is 0.462. The van der Waals surface area contributed by atoms with Crippen molar-refractivity contribution in [3.8, 4) is 45.3 Å². The van der Waals surface area contributed by atoms with Crippen molar-refractivity contribution in [3.63, 3.8) is 0 Å². The van der Waals surface area contributed by atoms with E-state index in [-0.39, 0.29) is 6.71 Å². The Labute approximate surface area is 329 Å². The lowest BCUT2D eigenvalue weighted by Crippen LogP contribution is -2.57. The molecule has 2 aliphatic rings. The van der Waals surface area contributed by atoms with Crippen LogP contribution in [0.25, 0.3) is 55.0 Å². The van der Waals surface area contributed by atoms with Crippen molar-refractivity contribution in [2.45, 2.75) is 0 Å². The summed E-state index contributed by atoms with van der Waals surface area (Å²) >= 11 is 0. The minimum atomic E-state index is -0.147. The molecule has 0 radical (unpaired) electrons. The normalized spacial score (nSPS) is 12.5. The molecule has 9 aromatic carbocycles. The molecular weight excluding hydrogens is 697 g/mol. The van der Waals surface area contributed by atoms with Crippen molar-refractivity contribution in [1.29, 1.82) is 0 Å². The maximum atomic E-state index is 7.08. The van der Waals surface area contributed by atoms with Gasteiger partial charge in [0.15, 0.2) is 11.3 Å². The number of fused-ring (bicyclic) bond motifs is 10. The smallest absolute Gasteiger partial charge is 0.260 e. The summed E-state index contributed by atoms with van der Waals surface area (Å²) in [5, 5.41) is 4.20. The van der Waals surface area contributed by atoms with Crippen molar-refractivity contribution in [1.82, 2.24) is 0 Å². The molecular formula is C52H32BNO3. The van der Waals surface area contributed by atoms with Gasteiger partial charge < -0.3 is 18.8 Å². The molecule has 57 heavy (non-hydrogen) atoms. The standard InChI is InChI=1S/C52H32BNO3/c1-5-15-33(16-6-1)35-25-27-45-42(29-35)53-43-30-36(34-17-7-2-8-18-34)26-28-46(43)56-52-50(53)48(55-45)31-41-49-40-24-14-13-23-39(40)44(32-47(49)57-51(41)52)54(37-19-9-3-10-20-37)38-21-11-4-12-22-38/h1-32H. The molecule has 5 heteroatoms. The van der Waals surface area contributed by atoms with Crippen LogP contribution in [0.15, 0.2) is 199 Å². The zero-order valence-electron chi connectivity index (χ0n) is 30.7. The Hall–Kier alpha value is -7.50. The quantitative estimate of drug-likeness (QED) is 0.165. The summed E-state index contributed by atoms with van der Waals surface area (Å²) in [6.07, 6.45) is 0. The van der Waals surface area contributed by atoms with Crippen LogP contribution >= 0.6 is 0 Å². The topological polar surface area (TPSA) is 34.8 Å². The molecule has 4 nitrogen and oxygen atoms in total. The van der Waals surface area contributed by atoms with Gasteiger partial charge in [0.1, 0.15) is 22.8 Å². The van der Waals surface area contributed by atoms with Crippen LogP contribution in [0.1, 0.15) is 0 Å². The van der Waals surface area contributed by atoms with E-state index in [0.717, 1.165) is 100 Å². The molecule has 10 aromatic rings. The van der Waals surface area contributed by atoms with Crippen molar-refractivity contribution in [3.05, 3.63) is 194 Å². The second-order valence-corrected chi connectivity index (χ2v) is 14.8. The number of hydrogen-bond acceptors (Lipinski definition) is 4. The zero-order chi connectivity index (χ0) is 37.5. The Morgan fingerprint density at radius 3 is 1.53 bits per heavy atom. The first-order chi connectivity index (χ1) is 28.3. The van der Waals surface area contributed by atoms with E-state index < -0.39 is 0 Å². The van der Waals surface area contributed by atoms with E-state index in [1.165, 1.54) is 0 Å². The third kappa shape index (κ3) is 4.95. The fourth-order valence-electron chi connectivity index (χ4n) is 9.00. The van der Waals surface area contributed by atoms with Crippen LogP contribution in [-0.2, 0) is 0 Å². The van der Waals surface area contributed by atoms with Crippen molar-refractivity contribution < 1.29 is 13.9 Å². The van der Waals surface area contributed by atoms with Gasteiger partial charge in [-0.25, -0.2) is 0 Å². The molecule has 3 heterocycles. The summed E-state index contributed by atoms with van der Waals surface area (Å²) < 4.78 is 21.0. The Morgan fingerprint density at radius 2 is 0.930 bits per heavy atom. The molecule has 2 aliphatic heterocycles. The average Bonchev–Trinajstić information content (AvgIpc) is 3.66. The molecule has 0 bridgehead atoms. The van der Waals surface area contributed by atoms with Gasteiger partial charge in [-0.1, -0.05) is 146 Å². The molecule has 0 amide bonds. The maximum Gasteiger partial charge on any atom is 0.260 e. The van der Waals surface area contributed by atoms with Crippen LogP contribution in [0.2, 0.25) is 0 Å². The summed E-state index contributed by atoms with van der Waals surface area (Å²) in [7, 11) is 0. The van der Waals surface area contributed by atoms with Crippen LogP contribution in [0.3, 0.4) is 0 Å². The SMILES string of the molecule is c1ccc(-c2ccc3c(c2)B2c4cc(-c5ccccc5)ccc4Oc4c2c(cc2c4oc4cc(N(c5ccccc5)c5ccccc5)c5ccccc5c42)O3)cc1. The van der Waals surface area contributed by atoms with Gasteiger partial charge in [-0.2, -0.15) is 0 Å². The molecule has 1 aromatic heterocycles. The predicted molar refractivity (Wildman–Crippen MR) is 234 cm³/mol. The number of hydrogen-bond donors (Lipinski definition) is 0. The van der Waals surface area contributed by atoms with Crippen LogP contribution < -0.4 is 30.8 Å². The van der Waals surface area contributed by atoms with E-state index in [9.17, 15) is 0 Å². The van der Waals surface area contributed by atoms with Gasteiger partial charge in [-0.3, -0.25) is 0 Å². The molecule has 0 spiro atoms. The Balaban J connectivity index is 1.12. The van der Waals surface area contributed by atoms with Crippen LogP contribution in [-0.4, -0.2) is 6.71 Å². The minimum absolute atomic E-state index is 0.147. The van der Waals surface area contributed by atoms with Crippen molar-refractivity contribution >= 4 is 72.9 Å². The molecule has 0 N–H and O–H groups in total. The summed E-state index contributed by atoms with van der Waals surface area (Å²) in [6, 6.07) is 68.2. The highest BCUT2D eigenvalue weighted by Crippen LogP contribution is 2.48. The molecule has 0 atom stereocenters. The molecule has 0 fully saturated rings. The van der Waals surface area contributed by atoms with Crippen LogP contribution in [0.4, 0.5) is 17.1 Å². The Kier molecular flexibility index (Phi) is 6.99. The monoisotopic (exact) mass is 729 g/mol. The number of furan rings is 1. The van der Waals surface area contributed by atoms with Gasteiger partial charge >= 0.3 is 0 Å². The first-order valence-corrected chi connectivity index (χ1v) is 19.4. The van der Waals surface area contributed by atoms with Crippen LogP contribution in [0, 0.1) is 0 Å². The third-order valence-electron chi connectivity index (χ3n) is 11.6. The minimum Gasteiger partial charge on any atom is -0.458 e. The highest BCUT2D eigenvalue weighted by molar-refractivity contribution is 6.98. The highest BCUT2D eigenvalue weighted by Gasteiger charge is 2.42. The number of anilines is 3. The maximum absolute atomic E-state index is 7.08. The van der Waals surface area contributed by atoms with E-state index in [2.05, 4.69) is 199 Å². The van der Waals surface area contributed by atoms with Crippen molar-refractivity contribution in [2.75, 3.05) is 4.90 Å². The molecule has 0 aliphatic carbocycles. The summed E-state index contributed by atoms with van der Waals surface area (Å²) in [6.45, 7) is -0.147. The zero-order valence-corrected chi connectivity index (χ0v) is 30.7. The average molecular weight is 730 g/mol. The van der Waals surface area contributed by atoms with Crippen molar-refractivity contribution in [2.24, 2.45) is 0 Å². The number of benzene rings is 9. The lowest BCUT2D eigenvalue weighted by Gasteiger charge is -2.33. The number of ether oxygens (including phenoxy) is 2. The second-order valence-electron chi connectivity index (χ2n) is 14.8. The summed E-state index contributed by atoms with van der Waals surface area (Å²) in [5.74, 6) is 3.14. The van der Waals surface area contributed by atoms with Crippen LogP contribution in [0.5, 0.6) is 23.0 Å². The van der Waals surface area contributed by atoms with Gasteiger partial charge in [-0.15, -0.1) is 0 Å². The molecule has 0 saturated carbocycles. The van der Waals surface area contributed by atoms with Gasteiger partial charge in [0.05, 0.1) is 5.69 Å². The Morgan fingerprint density at radius 1 is 0.404 bits per heavy atom. The fourth-order valence-corrected chi connectivity index (χ4v) is 9.00. The first kappa shape index (κ1) is 31.8. The highest BCUT2D eigenvalue weighted by atomic mass is 16.5. The second kappa shape index (κ2) is 12.5. The van der Waals surface area contributed by atoms with Gasteiger partial charge in [0.2, 0.25) is 0 Å².